The lowest BCUT2D eigenvalue weighted by atomic mass is 10.00. The molecule has 0 aliphatic carbocycles. The summed E-state index contributed by atoms with van der Waals surface area (Å²) in [6.45, 7) is 2.47. The summed E-state index contributed by atoms with van der Waals surface area (Å²) >= 11 is 1.50. The maximum Gasteiger partial charge on any atom is 0.257 e. The standard InChI is InChI=1S/C20H20N4O3S/c1-13-22-23-19(28-13)14-5-4-6-16(11-14)21-18(25)17-7-2-3-9-24(17)20(26)15-8-10-27-12-15/h4-6,8,10-12,17H,2-3,7,9H2,1H3,(H,21,25)/t17-/m1/s1. The van der Waals surface area contributed by atoms with Crippen LogP contribution in [0.2, 0.25) is 0 Å². The number of furan rings is 1. The lowest BCUT2D eigenvalue weighted by Crippen LogP contribution is -2.49. The molecule has 1 aliphatic heterocycles. The molecule has 4 rings (SSSR count). The first-order valence-corrected chi connectivity index (χ1v) is 9.98. The molecule has 0 saturated carbocycles. The number of hydrogen-bond donors (Lipinski definition) is 1. The number of carbonyl (C=O) groups excluding carboxylic acids is 2. The maximum atomic E-state index is 13.0. The Hall–Kier alpha value is -3.00. The Bertz CT molecular complexity index is 983. The Labute approximate surface area is 166 Å². The van der Waals surface area contributed by atoms with Crippen molar-refractivity contribution in [2.24, 2.45) is 0 Å². The molecule has 7 nitrogen and oxygen atoms in total. The van der Waals surface area contributed by atoms with E-state index in [-0.39, 0.29) is 11.8 Å². The van der Waals surface area contributed by atoms with Crippen molar-refractivity contribution in [1.82, 2.24) is 15.1 Å². The summed E-state index contributed by atoms with van der Waals surface area (Å²) in [6, 6.07) is 8.65. The van der Waals surface area contributed by atoms with Crippen molar-refractivity contribution in [3.05, 3.63) is 53.4 Å². The summed E-state index contributed by atoms with van der Waals surface area (Å²) in [5.74, 6) is -0.353. The number of piperidine rings is 1. The minimum absolute atomic E-state index is 0.174. The van der Waals surface area contributed by atoms with Crippen LogP contribution in [0.1, 0.15) is 34.6 Å². The predicted molar refractivity (Wildman–Crippen MR) is 106 cm³/mol. The van der Waals surface area contributed by atoms with Gasteiger partial charge in [0.15, 0.2) is 0 Å². The van der Waals surface area contributed by atoms with E-state index in [1.54, 1.807) is 11.0 Å². The lowest BCUT2D eigenvalue weighted by molar-refractivity contribution is -0.121. The van der Waals surface area contributed by atoms with E-state index >= 15 is 0 Å². The third kappa shape index (κ3) is 3.82. The Morgan fingerprint density at radius 2 is 2.14 bits per heavy atom. The van der Waals surface area contributed by atoms with Gasteiger partial charge < -0.3 is 14.6 Å². The number of nitrogens with one attached hydrogen (secondary N) is 1. The molecule has 0 bridgehead atoms. The van der Waals surface area contributed by atoms with E-state index in [0.29, 0.717) is 24.2 Å². The molecule has 2 aromatic heterocycles. The van der Waals surface area contributed by atoms with Crippen molar-refractivity contribution >= 4 is 28.8 Å². The molecule has 2 amide bonds. The van der Waals surface area contributed by atoms with Crippen molar-refractivity contribution in [2.45, 2.75) is 32.2 Å². The second kappa shape index (κ2) is 7.93. The Balaban J connectivity index is 1.51. The molecule has 1 N–H and O–H groups in total. The van der Waals surface area contributed by atoms with Crippen molar-refractivity contribution in [3.8, 4) is 10.6 Å². The van der Waals surface area contributed by atoms with Crippen molar-refractivity contribution < 1.29 is 14.0 Å². The highest BCUT2D eigenvalue weighted by atomic mass is 32.1. The van der Waals surface area contributed by atoms with Crippen LogP contribution in [0, 0.1) is 6.92 Å². The van der Waals surface area contributed by atoms with Gasteiger partial charge in [-0.1, -0.05) is 23.5 Å². The van der Waals surface area contributed by atoms with E-state index < -0.39 is 6.04 Å². The molecule has 144 valence electrons. The van der Waals surface area contributed by atoms with Gasteiger partial charge in [-0.05, 0) is 44.4 Å². The lowest BCUT2D eigenvalue weighted by Gasteiger charge is -2.34. The monoisotopic (exact) mass is 396 g/mol. The molecule has 1 aliphatic rings. The third-order valence-electron chi connectivity index (χ3n) is 4.74. The van der Waals surface area contributed by atoms with Crippen LogP contribution in [0.3, 0.4) is 0 Å². The molecule has 1 fully saturated rings. The third-order valence-corrected chi connectivity index (χ3v) is 5.63. The van der Waals surface area contributed by atoms with Gasteiger partial charge in [-0.25, -0.2) is 0 Å². The second-order valence-electron chi connectivity index (χ2n) is 6.72. The van der Waals surface area contributed by atoms with E-state index in [1.807, 2.05) is 31.2 Å². The molecule has 1 aromatic carbocycles. The molecule has 1 atom stereocenters. The molecular formula is C20H20N4O3S. The van der Waals surface area contributed by atoms with Crippen LogP contribution in [0.4, 0.5) is 5.69 Å². The minimum atomic E-state index is -0.497. The van der Waals surface area contributed by atoms with Gasteiger partial charge in [-0.3, -0.25) is 9.59 Å². The van der Waals surface area contributed by atoms with Gasteiger partial charge in [-0.2, -0.15) is 0 Å². The van der Waals surface area contributed by atoms with Crippen molar-refractivity contribution in [1.29, 1.82) is 0 Å². The van der Waals surface area contributed by atoms with Gasteiger partial charge in [0.1, 0.15) is 22.3 Å². The summed E-state index contributed by atoms with van der Waals surface area (Å²) in [5, 5.41) is 12.9. The van der Waals surface area contributed by atoms with Crippen LogP contribution in [0.5, 0.6) is 0 Å². The summed E-state index contributed by atoms with van der Waals surface area (Å²) in [5.41, 5.74) is 2.04. The summed E-state index contributed by atoms with van der Waals surface area (Å²) < 4.78 is 5.02. The fourth-order valence-corrected chi connectivity index (χ4v) is 4.06. The van der Waals surface area contributed by atoms with Gasteiger partial charge in [0.25, 0.3) is 5.91 Å². The fourth-order valence-electron chi connectivity index (χ4n) is 3.37. The predicted octanol–water partition coefficient (Wildman–Crippen LogP) is 3.74. The number of likely N-dealkylation sites (tertiary alicyclic amines) is 1. The molecule has 0 spiro atoms. The molecule has 3 heterocycles. The fraction of sp³-hybridized carbons (Fsp3) is 0.300. The second-order valence-corrected chi connectivity index (χ2v) is 7.90. The number of nitrogens with zero attached hydrogens (tertiary/aromatic N) is 3. The first-order chi connectivity index (χ1) is 13.6. The number of hydrogen-bond acceptors (Lipinski definition) is 6. The van der Waals surface area contributed by atoms with Gasteiger partial charge in [0, 0.05) is 17.8 Å². The van der Waals surface area contributed by atoms with Gasteiger partial charge >= 0.3 is 0 Å². The van der Waals surface area contributed by atoms with Crippen LogP contribution < -0.4 is 5.32 Å². The smallest absolute Gasteiger partial charge is 0.257 e. The average molecular weight is 396 g/mol. The number of aryl methyl sites for hydroxylation is 1. The normalized spacial score (nSPS) is 16.8. The molecule has 0 unspecified atom stereocenters. The number of benzene rings is 1. The zero-order valence-electron chi connectivity index (χ0n) is 15.4. The zero-order valence-corrected chi connectivity index (χ0v) is 16.2. The Morgan fingerprint density at radius 1 is 1.25 bits per heavy atom. The molecule has 28 heavy (non-hydrogen) atoms. The van der Waals surface area contributed by atoms with Crippen LogP contribution >= 0.6 is 11.3 Å². The summed E-state index contributed by atoms with van der Waals surface area (Å²) in [7, 11) is 0. The summed E-state index contributed by atoms with van der Waals surface area (Å²) in [4.78, 5) is 27.3. The number of amides is 2. The largest absolute Gasteiger partial charge is 0.472 e. The quantitative estimate of drug-likeness (QED) is 0.726. The number of anilines is 1. The minimum Gasteiger partial charge on any atom is -0.472 e. The molecule has 0 radical (unpaired) electrons. The highest BCUT2D eigenvalue weighted by molar-refractivity contribution is 7.14. The van der Waals surface area contributed by atoms with Crippen molar-refractivity contribution in [2.75, 3.05) is 11.9 Å². The highest BCUT2D eigenvalue weighted by Gasteiger charge is 2.33. The Morgan fingerprint density at radius 3 is 2.89 bits per heavy atom. The van der Waals surface area contributed by atoms with E-state index in [4.69, 9.17) is 4.42 Å². The number of aromatic nitrogens is 2. The summed E-state index contributed by atoms with van der Waals surface area (Å²) in [6.07, 6.45) is 5.33. The van der Waals surface area contributed by atoms with Crippen LogP contribution in [0.15, 0.2) is 47.3 Å². The van der Waals surface area contributed by atoms with E-state index in [1.165, 1.54) is 23.9 Å². The van der Waals surface area contributed by atoms with Crippen molar-refractivity contribution in [3.63, 3.8) is 0 Å². The molecular weight excluding hydrogens is 376 g/mol. The van der Waals surface area contributed by atoms with Crippen LogP contribution in [-0.2, 0) is 4.79 Å². The van der Waals surface area contributed by atoms with Gasteiger partial charge in [0.05, 0.1) is 11.8 Å². The average Bonchev–Trinajstić information content (AvgIpc) is 3.39. The first-order valence-electron chi connectivity index (χ1n) is 9.16. The van der Waals surface area contributed by atoms with E-state index in [0.717, 1.165) is 28.4 Å². The molecule has 3 aromatic rings. The molecule has 8 heteroatoms. The topological polar surface area (TPSA) is 88.3 Å². The SMILES string of the molecule is Cc1nnc(-c2cccc(NC(=O)[C@H]3CCCCN3C(=O)c3ccoc3)c2)s1. The van der Waals surface area contributed by atoms with E-state index in [9.17, 15) is 9.59 Å². The Kier molecular flexibility index (Phi) is 5.21. The van der Waals surface area contributed by atoms with Crippen LogP contribution in [0.25, 0.3) is 10.6 Å². The van der Waals surface area contributed by atoms with Crippen LogP contribution in [-0.4, -0.2) is 39.5 Å². The number of rotatable bonds is 4. The highest BCUT2D eigenvalue weighted by Crippen LogP contribution is 2.26. The van der Waals surface area contributed by atoms with Gasteiger partial charge in [-0.15, -0.1) is 10.2 Å². The number of carbonyl (C=O) groups is 2. The first kappa shape index (κ1) is 18.4. The van der Waals surface area contributed by atoms with E-state index in [2.05, 4.69) is 15.5 Å². The molecule has 1 saturated heterocycles. The zero-order chi connectivity index (χ0) is 19.5. The van der Waals surface area contributed by atoms with Gasteiger partial charge in [0.2, 0.25) is 5.91 Å². The maximum absolute atomic E-state index is 13.0.